The fourth-order valence-corrected chi connectivity index (χ4v) is 2.95. The molecule has 0 saturated heterocycles. The normalized spacial score (nSPS) is 10.3. The first-order valence-electron chi connectivity index (χ1n) is 8.10. The van der Waals surface area contributed by atoms with Crippen LogP contribution in [0.1, 0.15) is 10.4 Å². The number of thioether (sulfide) groups is 1. The Hall–Kier alpha value is -3.19. The average Bonchev–Trinajstić information content (AvgIpc) is 2.68. The maximum atomic E-state index is 12.9. The summed E-state index contributed by atoms with van der Waals surface area (Å²) in [5.41, 5.74) is 1.60. The van der Waals surface area contributed by atoms with Gasteiger partial charge in [-0.25, -0.2) is 4.39 Å². The van der Waals surface area contributed by atoms with Crippen LogP contribution in [-0.4, -0.2) is 22.6 Å². The SMILES string of the molecule is O=C(CSc1ccc(F)cc1)Nc1cccc(C(=O)Nc2ccncc2)c1. The lowest BCUT2D eigenvalue weighted by atomic mass is 10.2. The summed E-state index contributed by atoms with van der Waals surface area (Å²) in [5, 5.41) is 5.52. The summed E-state index contributed by atoms with van der Waals surface area (Å²) in [5.74, 6) is -0.626. The molecule has 2 amide bonds. The van der Waals surface area contributed by atoms with Crippen molar-refractivity contribution in [2.24, 2.45) is 0 Å². The van der Waals surface area contributed by atoms with E-state index in [4.69, 9.17) is 0 Å². The minimum atomic E-state index is -0.314. The van der Waals surface area contributed by atoms with Gasteiger partial charge in [-0.2, -0.15) is 0 Å². The van der Waals surface area contributed by atoms with Crippen molar-refractivity contribution in [2.75, 3.05) is 16.4 Å². The highest BCUT2D eigenvalue weighted by atomic mass is 32.2. The first kappa shape index (κ1) is 18.6. The number of hydrogen-bond donors (Lipinski definition) is 2. The van der Waals surface area contributed by atoms with E-state index >= 15 is 0 Å². The zero-order chi connectivity index (χ0) is 19.1. The van der Waals surface area contributed by atoms with Gasteiger partial charge >= 0.3 is 0 Å². The first-order chi connectivity index (χ1) is 13.1. The molecule has 0 saturated carbocycles. The number of carbonyl (C=O) groups excluding carboxylic acids is 2. The van der Waals surface area contributed by atoms with Crippen molar-refractivity contribution in [1.82, 2.24) is 4.98 Å². The molecule has 5 nitrogen and oxygen atoms in total. The van der Waals surface area contributed by atoms with Crippen LogP contribution in [0.25, 0.3) is 0 Å². The number of carbonyl (C=O) groups is 2. The fourth-order valence-electron chi connectivity index (χ4n) is 2.25. The molecule has 1 aromatic heterocycles. The molecule has 0 unspecified atom stereocenters. The standard InChI is InChI=1S/C20H16FN3O2S/c21-15-4-6-18(7-5-15)27-13-19(25)23-17-3-1-2-14(12-17)20(26)24-16-8-10-22-11-9-16/h1-12H,13H2,(H,23,25)(H,22,24,26). The minimum absolute atomic E-state index is 0.180. The van der Waals surface area contributed by atoms with Crippen molar-refractivity contribution in [1.29, 1.82) is 0 Å². The van der Waals surface area contributed by atoms with E-state index in [0.717, 1.165) is 4.90 Å². The summed E-state index contributed by atoms with van der Waals surface area (Å²) in [4.78, 5) is 29.1. The Morgan fingerprint density at radius 2 is 1.67 bits per heavy atom. The van der Waals surface area contributed by atoms with Crippen molar-refractivity contribution in [3.63, 3.8) is 0 Å². The monoisotopic (exact) mass is 381 g/mol. The van der Waals surface area contributed by atoms with Crippen molar-refractivity contribution >= 4 is 35.0 Å². The number of amides is 2. The van der Waals surface area contributed by atoms with Gasteiger partial charge in [0.1, 0.15) is 5.82 Å². The van der Waals surface area contributed by atoms with Crippen LogP contribution in [0.3, 0.4) is 0 Å². The van der Waals surface area contributed by atoms with Crippen molar-refractivity contribution in [3.8, 4) is 0 Å². The molecule has 0 fully saturated rings. The smallest absolute Gasteiger partial charge is 0.255 e. The molecule has 0 aliphatic carbocycles. The average molecular weight is 381 g/mol. The zero-order valence-electron chi connectivity index (χ0n) is 14.2. The molecule has 27 heavy (non-hydrogen) atoms. The highest BCUT2D eigenvalue weighted by Crippen LogP contribution is 2.19. The van der Waals surface area contributed by atoms with Crippen LogP contribution >= 0.6 is 11.8 Å². The number of halogens is 1. The summed E-state index contributed by atoms with van der Waals surface area (Å²) < 4.78 is 12.9. The van der Waals surface area contributed by atoms with Gasteiger partial charge in [0, 0.05) is 34.2 Å². The van der Waals surface area contributed by atoms with E-state index in [-0.39, 0.29) is 23.4 Å². The van der Waals surface area contributed by atoms with Gasteiger partial charge < -0.3 is 10.6 Å². The van der Waals surface area contributed by atoms with Gasteiger partial charge in [-0.15, -0.1) is 11.8 Å². The maximum Gasteiger partial charge on any atom is 0.255 e. The zero-order valence-corrected chi connectivity index (χ0v) is 15.0. The largest absolute Gasteiger partial charge is 0.325 e. The topological polar surface area (TPSA) is 71.1 Å². The molecule has 3 rings (SSSR count). The third-order valence-corrected chi connectivity index (χ3v) is 4.54. The van der Waals surface area contributed by atoms with E-state index in [2.05, 4.69) is 15.6 Å². The molecule has 0 atom stereocenters. The number of benzene rings is 2. The van der Waals surface area contributed by atoms with Gasteiger partial charge in [0.25, 0.3) is 5.91 Å². The van der Waals surface area contributed by atoms with E-state index in [1.807, 2.05) is 0 Å². The predicted octanol–water partition coefficient (Wildman–Crippen LogP) is 4.20. The van der Waals surface area contributed by atoms with Crippen molar-refractivity contribution in [3.05, 3.63) is 84.4 Å². The molecule has 2 aromatic carbocycles. The van der Waals surface area contributed by atoms with Crippen LogP contribution in [0.2, 0.25) is 0 Å². The van der Waals surface area contributed by atoms with Gasteiger partial charge in [0.05, 0.1) is 5.75 Å². The Balaban J connectivity index is 1.57. The van der Waals surface area contributed by atoms with E-state index in [1.54, 1.807) is 60.9 Å². The molecule has 7 heteroatoms. The predicted molar refractivity (Wildman–Crippen MR) is 104 cm³/mol. The quantitative estimate of drug-likeness (QED) is 0.628. The number of nitrogens with zero attached hydrogens (tertiary/aromatic N) is 1. The lowest BCUT2D eigenvalue weighted by Crippen LogP contribution is -2.16. The number of nitrogens with one attached hydrogen (secondary N) is 2. The molecule has 0 aliphatic heterocycles. The first-order valence-corrected chi connectivity index (χ1v) is 9.08. The highest BCUT2D eigenvalue weighted by molar-refractivity contribution is 8.00. The minimum Gasteiger partial charge on any atom is -0.325 e. The molecule has 1 heterocycles. The van der Waals surface area contributed by atoms with Gasteiger partial charge in [0.15, 0.2) is 0 Å². The third kappa shape index (κ3) is 5.65. The van der Waals surface area contributed by atoms with Crippen LogP contribution in [0.4, 0.5) is 15.8 Å². The Labute approximate surface area is 160 Å². The van der Waals surface area contributed by atoms with Crippen LogP contribution < -0.4 is 10.6 Å². The molecule has 136 valence electrons. The number of aromatic nitrogens is 1. The summed E-state index contributed by atoms with van der Waals surface area (Å²) in [6, 6.07) is 16.0. The highest BCUT2D eigenvalue weighted by Gasteiger charge is 2.09. The number of rotatable bonds is 6. The lowest BCUT2D eigenvalue weighted by molar-refractivity contribution is -0.113. The van der Waals surface area contributed by atoms with E-state index < -0.39 is 0 Å². The van der Waals surface area contributed by atoms with Crippen molar-refractivity contribution in [2.45, 2.75) is 4.90 Å². The lowest BCUT2D eigenvalue weighted by Gasteiger charge is -2.08. The second-order valence-corrected chi connectivity index (χ2v) is 6.61. The number of pyridine rings is 1. The van der Waals surface area contributed by atoms with Crippen molar-refractivity contribution < 1.29 is 14.0 Å². The van der Waals surface area contributed by atoms with Gasteiger partial charge in [-0.1, -0.05) is 6.07 Å². The Morgan fingerprint density at radius 3 is 2.41 bits per heavy atom. The van der Waals surface area contributed by atoms with Crippen LogP contribution in [0.15, 0.2) is 78.0 Å². The van der Waals surface area contributed by atoms with E-state index in [0.29, 0.717) is 16.9 Å². The van der Waals surface area contributed by atoms with E-state index in [9.17, 15) is 14.0 Å². The molecule has 0 radical (unpaired) electrons. The van der Waals surface area contributed by atoms with E-state index in [1.165, 1.54) is 23.9 Å². The molecule has 3 aromatic rings. The molecular weight excluding hydrogens is 365 g/mol. The second kappa shape index (κ2) is 8.95. The van der Waals surface area contributed by atoms with Gasteiger partial charge in [-0.05, 0) is 54.6 Å². The van der Waals surface area contributed by atoms with Crippen LogP contribution in [0.5, 0.6) is 0 Å². The number of hydrogen-bond acceptors (Lipinski definition) is 4. The summed E-state index contributed by atoms with van der Waals surface area (Å²) in [7, 11) is 0. The molecule has 0 spiro atoms. The second-order valence-electron chi connectivity index (χ2n) is 5.56. The van der Waals surface area contributed by atoms with Gasteiger partial charge in [0.2, 0.25) is 5.91 Å². The molecule has 2 N–H and O–H groups in total. The number of anilines is 2. The Morgan fingerprint density at radius 1 is 0.926 bits per heavy atom. The molecular formula is C20H16FN3O2S. The molecule has 0 bridgehead atoms. The Kier molecular flexibility index (Phi) is 6.17. The van der Waals surface area contributed by atoms with Crippen LogP contribution in [0, 0.1) is 5.82 Å². The maximum absolute atomic E-state index is 12.9. The summed E-state index contributed by atoms with van der Waals surface area (Å²) in [6.45, 7) is 0. The van der Waals surface area contributed by atoms with Crippen LogP contribution in [-0.2, 0) is 4.79 Å². The summed E-state index contributed by atoms with van der Waals surface area (Å²) >= 11 is 1.30. The Bertz CT molecular complexity index is 933. The third-order valence-electron chi connectivity index (χ3n) is 3.53. The summed E-state index contributed by atoms with van der Waals surface area (Å²) in [6.07, 6.45) is 3.18. The van der Waals surface area contributed by atoms with Gasteiger partial charge in [-0.3, -0.25) is 14.6 Å². The fraction of sp³-hybridized carbons (Fsp3) is 0.0500. The molecule has 0 aliphatic rings.